The number of ether oxygens (including phenoxy) is 1. The van der Waals surface area contributed by atoms with Gasteiger partial charge in [0, 0.05) is 19.6 Å². The molecule has 25 heavy (non-hydrogen) atoms. The molecule has 2 rings (SSSR count). The van der Waals surface area contributed by atoms with Crippen LogP contribution in [-0.4, -0.2) is 42.3 Å². The molecule has 2 aromatic rings. The Morgan fingerprint density at radius 3 is 2.52 bits per heavy atom. The van der Waals surface area contributed by atoms with Crippen molar-refractivity contribution in [2.75, 3.05) is 26.3 Å². The first-order valence-corrected chi connectivity index (χ1v) is 8.56. The van der Waals surface area contributed by atoms with Crippen molar-refractivity contribution in [3.63, 3.8) is 0 Å². The standard InChI is InChI=1S/C20H26N2O3/c1-17-8-10-19(11-9-17)25-15-5-12-21-20(24)22(13-14-23)16-18-6-3-2-4-7-18/h2-4,6-11,23H,5,12-16H2,1H3,(H,21,24). The van der Waals surface area contributed by atoms with Crippen LogP contribution in [0.4, 0.5) is 4.79 Å². The van der Waals surface area contributed by atoms with Gasteiger partial charge in [0.2, 0.25) is 0 Å². The summed E-state index contributed by atoms with van der Waals surface area (Å²) in [6.07, 6.45) is 0.720. The number of urea groups is 1. The Morgan fingerprint density at radius 1 is 1.12 bits per heavy atom. The lowest BCUT2D eigenvalue weighted by Gasteiger charge is -2.22. The molecule has 5 heteroatoms. The molecule has 0 saturated carbocycles. The highest BCUT2D eigenvalue weighted by atomic mass is 16.5. The zero-order valence-corrected chi connectivity index (χ0v) is 14.6. The number of nitrogens with zero attached hydrogens (tertiary/aromatic N) is 1. The summed E-state index contributed by atoms with van der Waals surface area (Å²) in [4.78, 5) is 13.9. The van der Waals surface area contributed by atoms with Gasteiger partial charge in [0.05, 0.1) is 13.2 Å². The third-order valence-corrected chi connectivity index (χ3v) is 3.76. The van der Waals surface area contributed by atoms with Crippen molar-refractivity contribution in [2.45, 2.75) is 19.9 Å². The maximum absolute atomic E-state index is 12.3. The van der Waals surface area contributed by atoms with Crippen molar-refractivity contribution < 1.29 is 14.6 Å². The molecule has 0 heterocycles. The predicted molar refractivity (Wildman–Crippen MR) is 98.6 cm³/mol. The summed E-state index contributed by atoms with van der Waals surface area (Å²) in [6, 6.07) is 17.5. The van der Waals surface area contributed by atoms with E-state index in [-0.39, 0.29) is 12.6 Å². The molecule has 0 aliphatic heterocycles. The molecule has 0 radical (unpaired) electrons. The molecular formula is C20H26N2O3. The number of nitrogens with one attached hydrogen (secondary N) is 1. The zero-order chi connectivity index (χ0) is 17.9. The number of hydrogen-bond donors (Lipinski definition) is 2. The number of carbonyl (C=O) groups excluding carboxylic acids is 1. The average molecular weight is 342 g/mol. The van der Waals surface area contributed by atoms with Gasteiger partial charge in [-0.15, -0.1) is 0 Å². The van der Waals surface area contributed by atoms with Gasteiger partial charge < -0.3 is 20.1 Å². The van der Waals surface area contributed by atoms with Gasteiger partial charge in [0.15, 0.2) is 0 Å². The molecule has 5 nitrogen and oxygen atoms in total. The molecule has 0 aliphatic carbocycles. The first-order valence-electron chi connectivity index (χ1n) is 8.56. The van der Waals surface area contributed by atoms with Crippen LogP contribution in [0, 0.1) is 6.92 Å². The van der Waals surface area contributed by atoms with Crippen molar-refractivity contribution in [3.8, 4) is 5.75 Å². The van der Waals surface area contributed by atoms with Gasteiger partial charge in [-0.05, 0) is 31.0 Å². The van der Waals surface area contributed by atoms with E-state index < -0.39 is 0 Å². The van der Waals surface area contributed by atoms with E-state index in [0.717, 1.165) is 17.7 Å². The van der Waals surface area contributed by atoms with Gasteiger partial charge >= 0.3 is 6.03 Å². The molecule has 0 unspecified atom stereocenters. The number of carbonyl (C=O) groups is 1. The second-order valence-corrected chi connectivity index (χ2v) is 5.88. The number of rotatable bonds is 9. The van der Waals surface area contributed by atoms with Gasteiger partial charge in [0.25, 0.3) is 0 Å². The van der Waals surface area contributed by atoms with E-state index in [1.165, 1.54) is 5.56 Å². The Hall–Kier alpha value is -2.53. The maximum Gasteiger partial charge on any atom is 0.317 e. The molecule has 2 N–H and O–H groups in total. The van der Waals surface area contributed by atoms with Crippen molar-refractivity contribution >= 4 is 6.03 Å². The molecule has 2 amide bonds. The Labute approximate surface area is 149 Å². The molecule has 0 aliphatic rings. The largest absolute Gasteiger partial charge is 0.494 e. The van der Waals surface area contributed by atoms with Gasteiger partial charge in [-0.2, -0.15) is 0 Å². The van der Waals surface area contributed by atoms with Gasteiger partial charge in [0.1, 0.15) is 5.75 Å². The van der Waals surface area contributed by atoms with Crippen LogP contribution in [0.2, 0.25) is 0 Å². The molecule has 0 atom stereocenters. The third kappa shape index (κ3) is 6.85. The van der Waals surface area contributed by atoms with Crippen LogP contribution in [0.5, 0.6) is 5.75 Å². The lowest BCUT2D eigenvalue weighted by Crippen LogP contribution is -2.41. The Kier molecular flexibility index (Phi) is 7.79. The summed E-state index contributed by atoms with van der Waals surface area (Å²) in [5, 5.41) is 12.1. The van der Waals surface area contributed by atoms with Crippen LogP contribution in [0.3, 0.4) is 0 Å². The van der Waals surface area contributed by atoms with E-state index in [9.17, 15) is 9.90 Å². The fourth-order valence-corrected chi connectivity index (χ4v) is 2.38. The lowest BCUT2D eigenvalue weighted by molar-refractivity contribution is 0.173. The summed E-state index contributed by atoms with van der Waals surface area (Å²) < 4.78 is 5.64. The second-order valence-electron chi connectivity index (χ2n) is 5.88. The van der Waals surface area contributed by atoms with Crippen molar-refractivity contribution in [1.29, 1.82) is 0 Å². The third-order valence-electron chi connectivity index (χ3n) is 3.76. The summed E-state index contributed by atoms with van der Waals surface area (Å²) >= 11 is 0. The number of aliphatic hydroxyl groups is 1. The molecule has 134 valence electrons. The van der Waals surface area contributed by atoms with Gasteiger partial charge in [-0.3, -0.25) is 0 Å². The summed E-state index contributed by atoms with van der Waals surface area (Å²) in [5.74, 6) is 0.836. The van der Waals surface area contributed by atoms with E-state index in [1.54, 1.807) is 4.90 Å². The number of hydrogen-bond acceptors (Lipinski definition) is 3. The molecule has 0 bridgehead atoms. The van der Waals surface area contributed by atoms with E-state index in [2.05, 4.69) is 5.32 Å². The first kappa shape index (κ1) is 18.8. The minimum absolute atomic E-state index is 0.0587. The van der Waals surface area contributed by atoms with Crippen molar-refractivity contribution in [3.05, 3.63) is 65.7 Å². The molecule has 0 fully saturated rings. The van der Waals surface area contributed by atoms with Crippen LogP contribution < -0.4 is 10.1 Å². The molecular weight excluding hydrogens is 316 g/mol. The highest BCUT2D eigenvalue weighted by Crippen LogP contribution is 2.11. The molecule has 2 aromatic carbocycles. The number of benzene rings is 2. The Bertz CT molecular complexity index is 629. The smallest absolute Gasteiger partial charge is 0.317 e. The maximum atomic E-state index is 12.3. The molecule has 0 aromatic heterocycles. The molecule has 0 saturated heterocycles. The van der Waals surface area contributed by atoms with Crippen LogP contribution in [-0.2, 0) is 6.54 Å². The van der Waals surface area contributed by atoms with Crippen molar-refractivity contribution in [1.82, 2.24) is 10.2 Å². The minimum atomic E-state index is -0.173. The fraction of sp³-hybridized carbons (Fsp3) is 0.350. The van der Waals surface area contributed by atoms with Gasteiger partial charge in [-0.1, -0.05) is 48.0 Å². The average Bonchev–Trinajstić information content (AvgIpc) is 2.63. The highest BCUT2D eigenvalue weighted by Gasteiger charge is 2.12. The minimum Gasteiger partial charge on any atom is -0.494 e. The number of aryl methyl sites for hydroxylation is 1. The van der Waals surface area contributed by atoms with Crippen LogP contribution in [0.1, 0.15) is 17.5 Å². The Morgan fingerprint density at radius 2 is 1.84 bits per heavy atom. The van der Waals surface area contributed by atoms with Crippen LogP contribution in [0.15, 0.2) is 54.6 Å². The topological polar surface area (TPSA) is 61.8 Å². The quantitative estimate of drug-likeness (QED) is 0.689. The summed E-state index contributed by atoms with van der Waals surface area (Å²) in [7, 11) is 0. The predicted octanol–water partition coefficient (Wildman–Crippen LogP) is 2.97. The van der Waals surface area contributed by atoms with Gasteiger partial charge in [-0.25, -0.2) is 4.79 Å². The van der Waals surface area contributed by atoms with Crippen molar-refractivity contribution in [2.24, 2.45) is 0 Å². The highest BCUT2D eigenvalue weighted by molar-refractivity contribution is 5.74. The van der Waals surface area contributed by atoms with Crippen LogP contribution >= 0.6 is 0 Å². The second kappa shape index (κ2) is 10.4. The summed E-state index contributed by atoms with van der Waals surface area (Å²) in [6.45, 7) is 3.83. The zero-order valence-electron chi connectivity index (χ0n) is 14.6. The molecule has 0 spiro atoms. The number of amides is 2. The SMILES string of the molecule is Cc1ccc(OCCCNC(=O)N(CCO)Cc2ccccc2)cc1. The van der Waals surface area contributed by atoms with E-state index >= 15 is 0 Å². The first-order chi connectivity index (χ1) is 12.2. The summed E-state index contributed by atoms with van der Waals surface area (Å²) in [5.41, 5.74) is 2.23. The lowest BCUT2D eigenvalue weighted by atomic mass is 10.2. The monoisotopic (exact) mass is 342 g/mol. The fourth-order valence-electron chi connectivity index (χ4n) is 2.38. The number of aliphatic hydroxyl groups excluding tert-OH is 1. The van der Waals surface area contributed by atoms with E-state index in [4.69, 9.17) is 4.74 Å². The van der Waals surface area contributed by atoms with E-state index in [0.29, 0.717) is 26.2 Å². The Balaban J connectivity index is 1.70. The van der Waals surface area contributed by atoms with E-state index in [1.807, 2.05) is 61.5 Å². The van der Waals surface area contributed by atoms with Crippen LogP contribution in [0.25, 0.3) is 0 Å². The normalized spacial score (nSPS) is 10.3.